The van der Waals surface area contributed by atoms with E-state index >= 15 is 0 Å². The van der Waals surface area contributed by atoms with E-state index in [-0.39, 0.29) is 5.95 Å². The highest BCUT2D eigenvalue weighted by atomic mass is 19.1. The van der Waals surface area contributed by atoms with E-state index in [0.717, 1.165) is 11.3 Å². The van der Waals surface area contributed by atoms with Gasteiger partial charge in [-0.2, -0.15) is 4.39 Å². The monoisotopic (exact) mass is 195 g/mol. The maximum absolute atomic E-state index is 13.9. The first-order valence-corrected chi connectivity index (χ1v) is 5.36. The predicted octanol–water partition coefficient (Wildman–Crippen LogP) is 3.31. The molecule has 0 aromatic heterocycles. The van der Waals surface area contributed by atoms with Crippen molar-refractivity contribution in [3.05, 3.63) is 23.8 Å². The molecule has 0 aromatic rings. The van der Waals surface area contributed by atoms with Crippen LogP contribution in [0.25, 0.3) is 0 Å². The second-order valence-corrected chi connectivity index (χ2v) is 4.77. The van der Waals surface area contributed by atoms with Crippen molar-refractivity contribution in [1.29, 1.82) is 0 Å². The second kappa shape index (κ2) is 3.11. The molecule has 0 bridgehead atoms. The number of rotatable bonds is 2. The van der Waals surface area contributed by atoms with Gasteiger partial charge in [-0.1, -0.05) is 20.4 Å². The van der Waals surface area contributed by atoms with Crippen LogP contribution in [0.4, 0.5) is 4.39 Å². The van der Waals surface area contributed by atoms with Gasteiger partial charge < -0.3 is 4.90 Å². The highest BCUT2D eigenvalue weighted by molar-refractivity contribution is 5.33. The minimum absolute atomic E-state index is 0.0538. The maximum atomic E-state index is 13.9. The van der Waals surface area contributed by atoms with Gasteiger partial charge in [0.05, 0.1) is 0 Å². The molecule has 1 aliphatic carbocycles. The fourth-order valence-electron chi connectivity index (χ4n) is 2.39. The quantitative estimate of drug-likeness (QED) is 0.611. The first-order chi connectivity index (χ1) is 6.54. The molecule has 0 N–H and O–H groups in total. The molecule has 2 aliphatic rings. The normalized spacial score (nSPS) is 28.2. The number of nitrogens with zero attached hydrogens (tertiary/aromatic N) is 1. The zero-order chi connectivity index (χ0) is 10.5. The van der Waals surface area contributed by atoms with Gasteiger partial charge in [-0.3, -0.25) is 0 Å². The smallest absolute Gasteiger partial charge is 0.193 e. The average Bonchev–Trinajstić information content (AvgIpc) is 2.90. The fraction of sp³-hybridized carbons (Fsp3) is 0.667. The van der Waals surface area contributed by atoms with Gasteiger partial charge in [0.15, 0.2) is 5.95 Å². The van der Waals surface area contributed by atoms with Crippen LogP contribution in [0.5, 0.6) is 0 Å². The third-order valence-electron chi connectivity index (χ3n) is 3.37. The van der Waals surface area contributed by atoms with Crippen molar-refractivity contribution in [2.75, 3.05) is 7.05 Å². The molecule has 0 saturated heterocycles. The highest BCUT2D eigenvalue weighted by Crippen LogP contribution is 2.51. The minimum Gasteiger partial charge on any atom is -0.325 e. The molecular weight excluding hydrogens is 177 g/mol. The predicted molar refractivity (Wildman–Crippen MR) is 56.1 cm³/mol. The molecule has 1 unspecified atom stereocenters. The Morgan fingerprint density at radius 3 is 2.43 bits per heavy atom. The molecule has 1 fully saturated rings. The van der Waals surface area contributed by atoms with Crippen LogP contribution in [0, 0.1) is 17.8 Å². The van der Waals surface area contributed by atoms with Crippen molar-refractivity contribution in [2.24, 2.45) is 17.8 Å². The van der Waals surface area contributed by atoms with Gasteiger partial charge >= 0.3 is 0 Å². The molecule has 1 aliphatic heterocycles. The lowest BCUT2D eigenvalue weighted by Gasteiger charge is -2.18. The first kappa shape index (κ1) is 9.75. The molecule has 2 heteroatoms. The summed E-state index contributed by atoms with van der Waals surface area (Å²) in [6.45, 7) is 8.14. The molecular formula is C12H18FN. The summed E-state index contributed by atoms with van der Waals surface area (Å²) in [5.41, 5.74) is 1.92. The number of hydrogen-bond acceptors (Lipinski definition) is 1. The summed E-state index contributed by atoms with van der Waals surface area (Å²) in [5.74, 6) is 1.19. The Morgan fingerprint density at radius 1 is 1.43 bits per heavy atom. The van der Waals surface area contributed by atoms with Crippen molar-refractivity contribution < 1.29 is 4.39 Å². The highest BCUT2D eigenvalue weighted by Gasteiger charge is 2.43. The molecule has 2 rings (SSSR count). The zero-order valence-electron chi connectivity index (χ0n) is 9.18. The Balaban J connectivity index is 2.34. The van der Waals surface area contributed by atoms with E-state index in [1.807, 2.05) is 0 Å². The summed E-state index contributed by atoms with van der Waals surface area (Å²) in [6.07, 6.45) is 2.47. The van der Waals surface area contributed by atoms with Gasteiger partial charge in [-0.25, -0.2) is 0 Å². The summed E-state index contributed by atoms with van der Waals surface area (Å²) in [7, 11) is 1.78. The summed E-state index contributed by atoms with van der Waals surface area (Å²) in [4.78, 5) is 1.62. The molecule has 0 spiro atoms. The minimum atomic E-state index is -0.0538. The SMILES string of the molecule is C=C1C(C2CC2)C(C(C)C)=C(F)N1C. The topological polar surface area (TPSA) is 3.24 Å². The molecule has 0 amide bonds. The van der Waals surface area contributed by atoms with Crippen LogP contribution in [-0.4, -0.2) is 11.9 Å². The van der Waals surface area contributed by atoms with Crippen LogP contribution in [0.2, 0.25) is 0 Å². The molecule has 1 saturated carbocycles. The number of halogens is 1. The lowest BCUT2D eigenvalue weighted by atomic mass is 9.87. The Bertz CT molecular complexity index is 299. The van der Waals surface area contributed by atoms with E-state index in [4.69, 9.17) is 0 Å². The Morgan fingerprint density at radius 2 is 2.00 bits per heavy atom. The lowest BCUT2D eigenvalue weighted by molar-refractivity contribution is 0.387. The summed E-state index contributed by atoms with van der Waals surface area (Å²) in [6, 6.07) is 0. The largest absolute Gasteiger partial charge is 0.325 e. The molecule has 14 heavy (non-hydrogen) atoms. The summed E-state index contributed by atoms with van der Waals surface area (Å²) >= 11 is 0. The summed E-state index contributed by atoms with van der Waals surface area (Å²) < 4.78 is 13.9. The molecule has 0 radical (unpaired) electrons. The fourth-order valence-corrected chi connectivity index (χ4v) is 2.39. The van der Waals surface area contributed by atoms with Gasteiger partial charge in [0.1, 0.15) is 0 Å². The number of hydrogen-bond donors (Lipinski definition) is 0. The van der Waals surface area contributed by atoms with Crippen molar-refractivity contribution in [3.8, 4) is 0 Å². The van der Waals surface area contributed by atoms with Gasteiger partial charge in [0.2, 0.25) is 0 Å². The van der Waals surface area contributed by atoms with E-state index in [1.54, 1.807) is 11.9 Å². The second-order valence-electron chi connectivity index (χ2n) is 4.77. The van der Waals surface area contributed by atoms with E-state index in [0.29, 0.717) is 17.8 Å². The van der Waals surface area contributed by atoms with E-state index in [2.05, 4.69) is 20.4 Å². The molecule has 1 heterocycles. The van der Waals surface area contributed by atoms with Gasteiger partial charge in [0.25, 0.3) is 0 Å². The Labute approximate surface area is 85.3 Å². The van der Waals surface area contributed by atoms with Crippen LogP contribution in [-0.2, 0) is 0 Å². The summed E-state index contributed by atoms with van der Waals surface area (Å²) in [5, 5.41) is 0. The van der Waals surface area contributed by atoms with E-state index in [1.165, 1.54) is 12.8 Å². The molecule has 0 aromatic carbocycles. The number of allylic oxidation sites excluding steroid dienone is 1. The van der Waals surface area contributed by atoms with Crippen LogP contribution in [0.3, 0.4) is 0 Å². The zero-order valence-corrected chi connectivity index (χ0v) is 9.18. The van der Waals surface area contributed by atoms with Crippen molar-refractivity contribution in [3.63, 3.8) is 0 Å². The standard InChI is InChI=1S/C12H18FN/c1-7(2)10-11(9-5-6-9)8(3)14(4)12(10)13/h7,9,11H,3,5-6H2,1-2,4H3. The average molecular weight is 195 g/mol. The van der Waals surface area contributed by atoms with Crippen LogP contribution >= 0.6 is 0 Å². The maximum Gasteiger partial charge on any atom is 0.193 e. The van der Waals surface area contributed by atoms with Crippen LogP contribution in [0.15, 0.2) is 23.8 Å². The van der Waals surface area contributed by atoms with Crippen molar-refractivity contribution in [2.45, 2.75) is 26.7 Å². The van der Waals surface area contributed by atoms with Crippen LogP contribution < -0.4 is 0 Å². The molecule has 1 nitrogen and oxygen atoms in total. The molecule has 1 atom stereocenters. The van der Waals surface area contributed by atoms with Crippen molar-refractivity contribution in [1.82, 2.24) is 4.90 Å². The molecule has 78 valence electrons. The Kier molecular flexibility index (Phi) is 2.17. The van der Waals surface area contributed by atoms with Gasteiger partial charge in [-0.05, 0) is 30.3 Å². The van der Waals surface area contributed by atoms with Crippen molar-refractivity contribution >= 4 is 0 Å². The first-order valence-electron chi connectivity index (χ1n) is 5.36. The van der Waals surface area contributed by atoms with Gasteiger partial charge in [-0.15, -0.1) is 0 Å². The Hall–Kier alpha value is -0.790. The third-order valence-corrected chi connectivity index (χ3v) is 3.37. The van der Waals surface area contributed by atoms with E-state index in [9.17, 15) is 4.39 Å². The van der Waals surface area contributed by atoms with Crippen LogP contribution in [0.1, 0.15) is 26.7 Å². The van der Waals surface area contributed by atoms with Gasteiger partial charge in [0, 0.05) is 18.7 Å². The lowest BCUT2D eigenvalue weighted by Crippen LogP contribution is -2.13. The van der Waals surface area contributed by atoms with E-state index < -0.39 is 0 Å². The third kappa shape index (κ3) is 1.28.